The first-order chi connectivity index (χ1) is 11.9. The number of nitrogens with zero attached hydrogens (tertiary/aromatic N) is 2. The highest BCUT2D eigenvalue weighted by Gasteiger charge is 2.11. The molecular weight excluding hydrogens is 304 g/mol. The van der Waals surface area contributed by atoms with Gasteiger partial charge in [-0.15, -0.1) is 0 Å². The lowest BCUT2D eigenvalue weighted by Crippen LogP contribution is -2.11. The van der Waals surface area contributed by atoms with Crippen molar-refractivity contribution in [2.45, 2.75) is 6.54 Å². The van der Waals surface area contributed by atoms with Crippen LogP contribution in [0.1, 0.15) is 0 Å². The van der Waals surface area contributed by atoms with E-state index in [1.165, 1.54) is 0 Å². The molecule has 0 aliphatic rings. The Kier molecular flexibility index (Phi) is 5.96. The third kappa shape index (κ3) is 4.00. The molecule has 1 aromatic heterocycles. The van der Waals surface area contributed by atoms with E-state index in [4.69, 9.17) is 19.2 Å². The summed E-state index contributed by atoms with van der Waals surface area (Å²) in [4.78, 5) is 4.78. The van der Waals surface area contributed by atoms with Crippen LogP contribution in [0.2, 0.25) is 0 Å². The normalized spacial score (nSPS) is 11.2. The molecule has 0 saturated heterocycles. The Labute approximate surface area is 141 Å². The second-order valence-electron chi connectivity index (χ2n) is 5.37. The number of hydrogen-bond donors (Lipinski definition) is 0. The summed E-state index contributed by atoms with van der Waals surface area (Å²) in [6.45, 7) is 2.68. The van der Waals surface area contributed by atoms with Gasteiger partial charge in [0.05, 0.1) is 30.9 Å². The second-order valence-corrected chi connectivity index (χ2v) is 5.37. The summed E-state index contributed by atoms with van der Waals surface area (Å²) in [5.74, 6) is 0.959. The molecule has 0 unspecified atom stereocenters. The van der Waals surface area contributed by atoms with Crippen LogP contribution < -0.4 is 0 Å². The van der Waals surface area contributed by atoms with Gasteiger partial charge in [-0.1, -0.05) is 42.5 Å². The highest BCUT2D eigenvalue weighted by molar-refractivity contribution is 5.80. The average molecular weight is 326 g/mol. The van der Waals surface area contributed by atoms with Gasteiger partial charge in [-0.05, 0) is 12.1 Å². The minimum absolute atomic E-state index is 0.274. The molecule has 0 bridgehead atoms. The van der Waals surface area contributed by atoms with Crippen molar-refractivity contribution in [3.63, 3.8) is 0 Å². The Bertz CT molecular complexity index is 756. The minimum Gasteiger partial charge on any atom is -0.382 e. The van der Waals surface area contributed by atoms with E-state index in [-0.39, 0.29) is 6.79 Å². The van der Waals surface area contributed by atoms with Crippen molar-refractivity contribution in [3.8, 4) is 11.4 Å². The highest BCUT2D eigenvalue weighted by Crippen LogP contribution is 2.24. The van der Waals surface area contributed by atoms with Crippen molar-refractivity contribution in [2.75, 3.05) is 33.7 Å². The maximum absolute atomic E-state index is 5.57. The molecule has 3 rings (SSSR count). The number of para-hydroxylation sites is 2. The molecule has 0 aliphatic heterocycles. The van der Waals surface area contributed by atoms with Crippen LogP contribution in [-0.2, 0) is 20.8 Å². The number of rotatable bonds is 9. The van der Waals surface area contributed by atoms with Gasteiger partial charge >= 0.3 is 0 Å². The molecule has 24 heavy (non-hydrogen) atoms. The molecule has 2 aromatic carbocycles. The van der Waals surface area contributed by atoms with Gasteiger partial charge < -0.3 is 18.8 Å². The number of imidazole rings is 1. The Morgan fingerprint density at radius 1 is 0.875 bits per heavy atom. The van der Waals surface area contributed by atoms with Crippen LogP contribution in [0, 0.1) is 0 Å². The van der Waals surface area contributed by atoms with Crippen molar-refractivity contribution in [1.82, 2.24) is 9.55 Å². The minimum atomic E-state index is 0.274. The molecule has 0 N–H and O–H groups in total. The van der Waals surface area contributed by atoms with Crippen molar-refractivity contribution in [3.05, 3.63) is 54.6 Å². The number of ether oxygens (including phenoxy) is 3. The van der Waals surface area contributed by atoms with Crippen LogP contribution in [0.3, 0.4) is 0 Å². The first-order valence-corrected chi connectivity index (χ1v) is 8.05. The standard InChI is InChI=1S/C19H22N2O3/c1-22-13-14-24-15-23-12-11-21-18-10-6-5-9-17(18)20-19(21)16-7-3-2-4-8-16/h2-10H,11-15H2,1H3. The van der Waals surface area contributed by atoms with E-state index in [2.05, 4.69) is 22.8 Å². The van der Waals surface area contributed by atoms with E-state index in [9.17, 15) is 0 Å². The molecule has 126 valence electrons. The smallest absolute Gasteiger partial charge is 0.146 e. The van der Waals surface area contributed by atoms with Crippen molar-refractivity contribution < 1.29 is 14.2 Å². The van der Waals surface area contributed by atoms with Gasteiger partial charge in [-0.3, -0.25) is 0 Å². The van der Waals surface area contributed by atoms with Gasteiger partial charge in [-0.25, -0.2) is 4.98 Å². The summed E-state index contributed by atoms with van der Waals surface area (Å²) in [6, 6.07) is 18.4. The van der Waals surface area contributed by atoms with Crippen LogP contribution in [0.5, 0.6) is 0 Å². The van der Waals surface area contributed by atoms with E-state index in [0.29, 0.717) is 19.8 Å². The van der Waals surface area contributed by atoms with Crippen LogP contribution in [-0.4, -0.2) is 43.3 Å². The Balaban J connectivity index is 1.71. The zero-order valence-corrected chi connectivity index (χ0v) is 13.9. The Hall–Kier alpha value is -2.21. The third-order valence-corrected chi connectivity index (χ3v) is 3.74. The van der Waals surface area contributed by atoms with Crippen LogP contribution >= 0.6 is 0 Å². The predicted octanol–water partition coefficient (Wildman–Crippen LogP) is 3.34. The lowest BCUT2D eigenvalue weighted by molar-refractivity contribution is -0.0671. The summed E-state index contributed by atoms with van der Waals surface area (Å²) in [5.41, 5.74) is 3.21. The molecule has 0 amide bonds. The SMILES string of the molecule is COCCOCOCCn1c(-c2ccccc2)nc2ccccc21. The number of fused-ring (bicyclic) bond motifs is 1. The molecule has 1 heterocycles. The summed E-state index contributed by atoms with van der Waals surface area (Å²) < 4.78 is 18.0. The molecule has 0 fully saturated rings. The lowest BCUT2D eigenvalue weighted by Gasteiger charge is -2.10. The molecule has 0 radical (unpaired) electrons. The van der Waals surface area contributed by atoms with E-state index < -0.39 is 0 Å². The van der Waals surface area contributed by atoms with E-state index in [1.807, 2.05) is 36.4 Å². The molecule has 0 aliphatic carbocycles. The summed E-state index contributed by atoms with van der Waals surface area (Å²) in [5, 5.41) is 0. The first kappa shape index (κ1) is 16.6. The summed E-state index contributed by atoms with van der Waals surface area (Å²) >= 11 is 0. The van der Waals surface area contributed by atoms with Gasteiger partial charge in [0.2, 0.25) is 0 Å². The van der Waals surface area contributed by atoms with E-state index in [1.54, 1.807) is 7.11 Å². The largest absolute Gasteiger partial charge is 0.382 e. The lowest BCUT2D eigenvalue weighted by atomic mass is 10.2. The fourth-order valence-electron chi connectivity index (χ4n) is 2.58. The zero-order valence-electron chi connectivity index (χ0n) is 13.9. The van der Waals surface area contributed by atoms with Crippen LogP contribution in [0.25, 0.3) is 22.4 Å². The maximum atomic E-state index is 5.57. The molecule has 3 aromatic rings. The Morgan fingerprint density at radius 3 is 2.46 bits per heavy atom. The van der Waals surface area contributed by atoms with Crippen LogP contribution in [0.4, 0.5) is 0 Å². The van der Waals surface area contributed by atoms with Gasteiger partial charge in [0.25, 0.3) is 0 Å². The molecule has 5 nitrogen and oxygen atoms in total. The van der Waals surface area contributed by atoms with E-state index >= 15 is 0 Å². The quantitative estimate of drug-likeness (QED) is 0.447. The number of benzene rings is 2. The molecule has 0 spiro atoms. The Morgan fingerprint density at radius 2 is 1.62 bits per heavy atom. The fourth-order valence-corrected chi connectivity index (χ4v) is 2.58. The van der Waals surface area contributed by atoms with Crippen molar-refractivity contribution in [2.24, 2.45) is 0 Å². The summed E-state index contributed by atoms with van der Waals surface area (Å²) in [6.07, 6.45) is 0. The van der Waals surface area contributed by atoms with Crippen molar-refractivity contribution in [1.29, 1.82) is 0 Å². The highest BCUT2D eigenvalue weighted by atomic mass is 16.7. The fraction of sp³-hybridized carbons (Fsp3) is 0.316. The number of hydrogen-bond acceptors (Lipinski definition) is 4. The summed E-state index contributed by atoms with van der Waals surface area (Å²) in [7, 11) is 1.65. The van der Waals surface area contributed by atoms with Gasteiger partial charge in [-0.2, -0.15) is 0 Å². The first-order valence-electron chi connectivity index (χ1n) is 8.05. The van der Waals surface area contributed by atoms with Crippen LogP contribution in [0.15, 0.2) is 54.6 Å². The van der Waals surface area contributed by atoms with Gasteiger partial charge in [0, 0.05) is 19.2 Å². The topological polar surface area (TPSA) is 45.5 Å². The van der Waals surface area contributed by atoms with E-state index in [0.717, 1.165) is 29.0 Å². The number of aromatic nitrogens is 2. The maximum Gasteiger partial charge on any atom is 0.146 e. The molecular formula is C19H22N2O3. The molecule has 0 saturated carbocycles. The van der Waals surface area contributed by atoms with Crippen molar-refractivity contribution >= 4 is 11.0 Å². The zero-order chi connectivity index (χ0) is 16.6. The molecule has 5 heteroatoms. The average Bonchev–Trinajstić information content (AvgIpc) is 3.00. The van der Waals surface area contributed by atoms with Gasteiger partial charge in [0.1, 0.15) is 12.6 Å². The third-order valence-electron chi connectivity index (χ3n) is 3.74. The monoisotopic (exact) mass is 326 g/mol. The number of methoxy groups -OCH3 is 1. The second kappa shape index (κ2) is 8.59. The van der Waals surface area contributed by atoms with Gasteiger partial charge in [0.15, 0.2) is 0 Å². The predicted molar refractivity (Wildman–Crippen MR) is 93.8 cm³/mol. The molecule has 0 atom stereocenters.